The van der Waals surface area contributed by atoms with Gasteiger partial charge in [0.05, 0.1) is 38.0 Å². The fourth-order valence-corrected chi connectivity index (χ4v) is 9.57. The highest BCUT2D eigenvalue weighted by atomic mass is 28.4. The summed E-state index contributed by atoms with van der Waals surface area (Å²) in [6.45, 7) is 6.88. The lowest BCUT2D eigenvalue weighted by atomic mass is 9.82. The molecule has 43 heavy (non-hydrogen) atoms. The number of carbonyl (C=O) groups excluding carboxylic acids is 4. The van der Waals surface area contributed by atoms with E-state index in [0.717, 1.165) is 6.42 Å². The summed E-state index contributed by atoms with van der Waals surface area (Å²) in [5.74, 6) is -2.22. The van der Waals surface area contributed by atoms with Gasteiger partial charge in [-0.2, -0.15) is 0 Å². The topological polar surface area (TPSA) is 146 Å². The average molecular weight is 622 g/mol. The Morgan fingerprint density at radius 2 is 2.00 bits per heavy atom. The van der Waals surface area contributed by atoms with E-state index in [1.807, 2.05) is 0 Å². The van der Waals surface area contributed by atoms with Gasteiger partial charge >= 0.3 is 5.97 Å². The van der Waals surface area contributed by atoms with Gasteiger partial charge in [0.1, 0.15) is 6.10 Å². The number of ether oxygens (including phenoxy) is 2. The lowest BCUT2D eigenvalue weighted by Crippen LogP contribution is -2.45. The van der Waals surface area contributed by atoms with Crippen LogP contribution in [0.15, 0.2) is 18.2 Å². The van der Waals surface area contributed by atoms with Crippen LogP contribution in [0, 0.1) is 5.92 Å². The van der Waals surface area contributed by atoms with Gasteiger partial charge in [0, 0.05) is 42.2 Å². The molecule has 238 valence electrons. The number of anilines is 2. The minimum Gasteiger partial charge on any atom is -0.469 e. The SMILES string of the molecule is COC(=O)CCCCN1C(=O)[C@]2(O[C@H](CC(=O)N3CCC[C@H]3CO)[C@@H]([Si](C)(C)F)[C@@H]2C)c2cc(NC(=O)[C@H](C)O)ccc21. The number of hydrogen-bond acceptors (Lipinski definition) is 8. The molecule has 4 rings (SSSR count). The first-order chi connectivity index (χ1) is 20.3. The maximum atomic E-state index is 16.1. The summed E-state index contributed by atoms with van der Waals surface area (Å²) >= 11 is 0. The molecule has 13 heteroatoms. The predicted octanol–water partition coefficient (Wildman–Crippen LogP) is 2.84. The van der Waals surface area contributed by atoms with E-state index in [2.05, 4.69) is 5.32 Å². The highest BCUT2D eigenvalue weighted by molar-refractivity contribution is 6.72. The largest absolute Gasteiger partial charge is 0.469 e. The molecular formula is C30H44FN3O8Si. The van der Waals surface area contributed by atoms with Gasteiger partial charge < -0.3 is 38.9 Å². The van der Waals surface area contributed by atoms with Crippen molar-refractivity contribution < 1.29 is 43.0 Å². The summed E-state index contributed by atoms with van der Waals surface area (Å²) in [6.07, 6.45) is 0.401. The molecule has 6 atom stereocenters. The van der Waals surface area contributed by atoms with Crippen LogP contribution in [0.3, 0.4) is 0 Å². The molecule has 3 amide bonds. The predicted molar refractivity (Wildman–Crippen MR) is 159 cm³/mol. The second kappa shape index (κ2) is 13.0. The number of amides is 3. The molecule has 0 unspecified atom stereocenters. The van der Waals surface area contributed by atoms with Crippen molar-refractivity contribution in [2.45, 2.75) is 94.9 Å². The van der Waals surface area contributed by atoms with Crippen molar-refractivity contribution in [2.24, 2.45) is 5.92 Å². The van der Waals surface area contributed by atoms with Gasteiger partial charge in [-0.3, -0.25) is 19.2 Å². The monoisotopic (exact) mass is 621 g/mol. The number of halogens is 1. The molecule has 0 radical (unpaired) electrons. The van der Waals surface area contributed by atoms with Crippen molar-refractivity contribution in [3.8, 4) is 0 Å². The molecule has 1 aromatic rings. The fraction of sp³-hybridized carbons (Fsp3) is 0.667. The van der Waals surface area contributed by atoms with Crippen molar-refractivity contribution in [3.63, 3.8) is 0 Å². The molecule has 0 bridgehead atoms. The van der Waals surface area contributed by atoms with Gasteiger partial charge in [-0.15, -0.1) is 0 Å². The third-order valence-electron chi connectivity index (χ3n) is 9.13. The fourth-order valence-electron chi connectivity index (χ4n) is 7.08. The number of benzene rings is 1. The van der Waals surface area contributed by atoms with Gasteiger partial charge in [0.2, 0.25) is 14.3 Å². The first-order valence-corrected chi connectivity index (χ1v) is 18.0. The van der Waals surface area contributed by atoms with E-state index in [9.17, 15) is 29.4 Å². The van der Waals surface area contributed by atoms with E-state index < -0.39 is 43.6 Å². The zero-order valence-electron chi connectivity index (χ0n) is 25.6. The van der Waals surface area contributed by atoms with E-state index in [1.165, 1.54) is 14.0 Å². The Bertz CT molecular complexity index is 1240. The number of methoxy groups -OCH3 is 1. The highest BCUT2D eigenvalue weighted by Crippen LogP contribution is 2.60. The van der Waals surface area contributed by atoms with Crippen molar-refractivity contribution in [3.05, 3.63) is 23.8 Å². The normalized spacial score (nSPS) is 27.5. The summed E-state index contributed by atoms with van der Waals surface area (Å²) in [4.78, 5) is 55.0. The van der Waals surface area contributed by atoms with Crippen LogP contribution in [0.25, 0.3) is 0 Å². The highest BCUT2D eigenvalue weighted by Gasteiger charge is 2.67. The molecule has 0 aromatic heterocycles. The molecule has 0 aliphatic carbocycles. The van der Waals surface area contributed by atoms with Gasteiger partial charge in [0.25, 0.3) is 11.8 Å². The van der Waals surface area contributed by atoms with Crippen LogP contribution in [-0.4, -0.2) is 92.3 Å². The number of aliphatic hydroxyl groups excluding tert-OH is 2. The molecular weight excluding hydrogens is 577 g/mol. The minimum absolute atomic E-state index is 0.117. The number of fused-ring (bicyclic) bond motifs is 2. The van der Waals surface area contributed by atoms with E-state index in [1.54, 1.807) is 48.0 Å². The Labute approximate surface area is 252 Å². The summed E-state index contributed by atoms with van der Waals surface area (Å²) in [5, 5.41) is 22.1. The Hall–Kier alpha value is -2.87. The van der Waals surface area contributed by atoms with Crippen molar-refractivity contribution >= 4 is 43.5 Å². The quantitative estimate of drug-likeness (QED) is 0.148. The van der Waals surface area contributed by atoms with Crippen LogP contribution in [0.5, 0.6) is 0 Å². The summed E-state index contributed by atoms with van der Waals surface area (Å²) < 4.78 is 27.5. The molecule has 3 N–H and O–H groups in total. The number of esters is 1. The Kier molecular flexibility index (Phi) is 9.99. The molecule has 0 saturated carbocycles. The Morgan fingerprint density at radius 3 is 2.63 bits per heavy atom. The number of unbranched alkanes of at least 4 members (excludes halogenated alkanes) is 1. The van der Waals surface area contributed by atoms with Crippen LogP contribution in [-0.2, 0) is 34.3 Å². The summed E-state index contributed by atoms with van der Waals surface area (Å²) in [7, 11) is -2.20. The van der Waals surface area contributed by atoms with Crippen LogP contribution >= 0.6 is 0 Å². The van der Waals surface area contributed by atoms with Crippen molar-refractivity contribution in [2.75, 3.05) is 37.0 Å². The molecule has 1 aromatic carbocycles. The zero-order chi connectivity index (χ0) is 31.7. The Morgan fingerprint density at radius 1 is 1.28 bits per heavy atom. The van der Waals surface area contributed by atoms with E-state index in [-0.39, 0.29) is 49.8 Å². The number of nitrogens with zero attached hydrogens (tertiary/aromatic N) is 2. The second-order valence-corrected chi connectivity index (χ2v) is 16.2. The number of likely N-dealkylation sites (tertiary alicyclic amines) is 1. The smallest absolute Gasteiger partial charge is 0.305 e. The molecule has 2 fully saturated rings. The lowest BCUT2D eigenvalue weighted by Gasteiger charge is -2.31. The zero-order valence-corrected chi connectivity index (χ0v) is 26.6. The van der Waals surface area contributed by atoms with Gasteiger partial charge in [0.15, 0.2) is 5.60 Å². The standard InChI is InChI=1S/C30H44FN3O8Si/c1-18-27(43(4,5)31)24(16-25(37)33-14-8-9-21(33)17-35)42-30(18)22-15-20(32-28(39)19(2)36)11-12-23(22)34(29(30)40)13-7-6-10-26(38)41-3/h11-12,15,18-19,21,24,27,35-36H,6-10,13-14,16-17H2,1-5H3,(H,32,39)/t18-,19-,21-,24+,27-,30+/m0/s1. The van der Waals surface area contributed by atoms with Crippen LogP contribution in [0.4, 0.5) is 15.5 Å². The first-order valence-electron chi connectivity index (χ1n) is 15.1. The molecule has 2 saturated heterocycles. The lowest BCUT2D eigenvalue weighted by molar-refractivity contribution is -0.150. The second-order valence-electron chi connectivity index (χ2n) is 12.4. The van der Waals surface area contributed by atoms with Crippen LogP contribution < -0.4 is 10.2 Å². The van der Waals surface area contributed by atoms with Crippen LogP contribution in [0.1, 0.15) is 57.9 Å². The first kappa shape index (κ1) is 33.0. The summed E-state index contributed by atoms with van der Waals surface area (Å²) in [6, 6.07) is 4.66. The number of aliphatic hydroxyl groups is 2. The number of hydrogen-bond donors (Lipinski definition) is 3. The minimum atomic E-state index is -3.52. The summed E-state index contributed by atoms with van der Waals surface area (Å²) in [5.41, 5.74) is -0.937. The third kappa shape index (κ3) is 6.35. The van der Waals surface area contributed by atoms with Crippen molar-refractivity contribution in [1.29, 1.82) is 0 Å². The van der Waals surface area contributed by atoms with Crippen molar-refractivity contribution in [1.82, 2.24) is 4.90 Å². The molecule has 1 spiro atoms. The van der Waals surface area contributed by atoms with E-state index in [4.69, 9.17) is 9.47 Å². The molecule has 3 aliphatic heterocycles. The maximum absolute atomic E-state index is 16.1. The number of carbonyl (C=O) groups is 4. The molecule has 3 heterocycles. The third-order valence-corrected chi connectivity index (χ3v) is 11.6. The van der Waals surface area contributed by atoms with E-state index >= 15 is 4.11 Å². The molecule has 11 nitrogen and oxygen atoms in total. The van der Waals surface area contributed by atoms with Crippen LogP contribution in [0.2, 0.25) is 18.6 Å². The number of nitrogens with one attached hydrogen (secondary N) is 1. The Balaban J connectivity index is 1.72. The average Bonchev–Trinajstić information content (AvgIpc) is 3.60. The molecule has 3 aliphatic rings. The van der Waals surface area contributed by atoms with Gasteiger partial charge in [-0.25, -0.2) is 0 Å². The number of rotatable bonds is 11. The van der Waals surface area contributed by atoms with E-state index in [0.29, 0.717) is 42.7 Å². The maximum Gasteiger partial charge on any atom is 0.305 e. The van der Waals surface area contributed by atoms with Gasteiger partial charge in [-0.05, 0) is 63.9 Å². The van der Waals surface area contributed by atoms with Gasteiger partial charge in [-0.1, -0.05) is 6.92 Å².